The lowest BCUT2D eigenvalue weighted by Crippen LogP contribution is -2.37. The van der Waals surface area contributed by atoms with Crippen LogP contribution >= 0.6 is 0 Å². The Morgan fingerprint density at radius 1 is 1.15 bits per heavy atom. The Balaban J connectivity index is 2.16. The minimum atomic E-state index is -3.60. The number of urea groups is 1. The molecule has 27 heavy (non-hydrogen) atoms. The minimum absolute atomic E-state index is 0.205. The highest BCUT2D eigenvalue weighted by molar-refractivity contribution is 7.86. The SMILES string of the molecule is Cc1cccc(NC(=O)N(Cc2cccc(OS(C)(=O)=O)c2)CC(C)C)c1. The van der Waals surface area contributed by atoms with Crippen molar-refractivity contribution in [3.05, 3.63) is 59.7 Å². The Morgan fingerprint density at radius 2 is 1.85 bits per heavy atom. The van der Waals surface area contributed by atoms with E-state index in [-0.39, 0.29) is 17.7 Å². The van der Waals surface area contributed by atoms with Crippen LogP contribution in [0.4, 0.5) is 10.5 Å². The van der Waals surface area contributed by atoms with Crippen LogP contribution in [0.1, 0.15) is 25.0 Å². The lowest BCUT2D eigenvalue weighted by Gasteiger charge is -2.25. The zero-order valence-electron chi connectivity index (χ0n) is 16.1. The lowest BCUT2D eigenvalue weighted by atomic mass is 10.1. The molecule has 0 aliphatic rings. The van der Waals surface area contributed by atoms with Gasteiger partial charge in [-0.3, -0.25) is 0 Å². The molecule has 7 heteroatoms. The van der Waals surface area contributed by atoms with Gasteiger partial charge in [-0.1, -0.05) is 38.1 Å². The van der Waals surface area contributed by atoms with E-state index < -0.39 is 10.1 Å². The normalized spacial score (nSPS) is 11.3. The topological polar surface area (TPSA) is 75.7 Å². The van der Waals surface area contributed by atoms with Crippen molar-refractivity contribution >= 4 is 21.8 Å². The number of benzene rings is 2. The zero-order chi connectivity index (χ0) is 20.0. The first-order valence-corrected chi connectivity index (χ1v) is 10.5. The van der Waals surface area contributed by atoms with Crippen LogP contribution in [0.3, 0.4) is 0 Å². The van der Waals surface area contributed by atoms with E-state index in [0.29, 0.717) is 13.1 Å². The highest BCUT2D eigenvalue weighted by Gasteiger charge is 2.16. The Hall–Kier alpha value is -2.54. The van der Waals surface area contributed by atoms with Crippen LogP contribution < -0.4 is 9.50 Å². The number of nitrogens with zero attached hydrogens (tertiary/aromatic N) is 1. The van der Waals surface area contributed by atoms with Gasteiger partial charge < -0.3 is 14.4 Å². The molecule has 0 spiro atoms. The summed E-state index contributed by atoms with van der Waals surface area (Å²) in [5.41, 5.74) is 2.59. The molecule has 0 aliphatic heterocycles. The minimum Gasteiger partial charge on any atom is -0.383 e. The van der Waals surface area contributed by atoms with Gasteiger partial charge in [0.1, 0.15) is 5.75 Å². The highest BCUT2D eigenvalue weighted by Crippen LogP contribution is 2.18. The summed E-state index contributed by atoms with van der Waals surface area (Å²) in [6.45, 7) is 6.95. The number of hydrogen-bond donors (Lipinski definition) is 1. The van der Waals surface area contributed by atoms with Crippen LogP contribution in [0.5, 0.6) is 5.75 Å². The van der Waals surface area contributed by atoms with Gasteiger partial charge in [0.25, 0.3) is 0 Å². The van der Waals surface area contributed by atoms with Gasteiger partial charge in [-0.2, -0.15) is 8.42 Å². The number of amides is 2. The monoisotopic (exact) mass is 390 g/mol. The molecular weight excluding hydrogens is 364 g/mol. The summed E-state index contributed by atoms with van der Waals surface area (Å²) in [4.78, 5) is 14.5. The van der Waals surface area contributed by atoms with E-state index in [1.54, 1.807) is 23.1 Å². The van der Waals surface area contributed by atoms with Crippen molar-refractivity contribution in [3.63, 3.8) is 0 Å². The maximum atomic E-state index is 12.8. The second kappa shape index (κ2) is 8.90. The standard InChI is InChI=1S/C20H26N2O4S/c1-15(2)13-22(20(23)21-18-9-5-7-16(3)11-18)14-17-8-6-10-19(12-17)26-27(4,24)25/h5-12,15H,13-14H2,1-4H3,(H,21,23). The van der Waals surface area contributed by atoms with E-state index >= 15 is 0 Å². The van der Waals surface area contributed by atoms with Gasteiger partial charge in [-0.25, -0.2) is 4.79 Å². The van der Waals surface area contributed by atoms with Crippen LogP contribution in [0.2, 0.25) is 0 Å². The third-order valence-corrected chi connectivity index (χ3v) is 4.16. The molecule has 146 valence electrons. The largest absolute Gasteiger partial charge is 0.383 e. The van der Waals surface area contributed by atoms with Crippen LogP contribution in [-0.4, -0.2) is 32.1 Å². The lowest BCUT2D eigenvalue weighted by molar-refractivity contribution is 0.201. The molecule has 6 nitrogen and oxygen atoms in total. The van der Waals surface area contributed by atoms with Gasteiger partial charge in [-0.05, 0) is 48.2 Å². The molecule has 0 aromatic heterocycles. The molecular formula is C20H26N2O4S. The first kappa shape index (κ1) is 20.8. The number of rotatable bonds is 7. The third kappa shape index (κ3) is 7.30. The molecule has 0 saturated carbocycles. The number of hydrogen-bond acceptors (Lipinski definition) is 4. The van der Waals surface area contributed by atoms with Crippen molar-refractivity contribution in [1.82, 2.24) is 4.90 Å². The van der Waals surface area contributed by atoms with Crippen LogP contribution in [0, 0.1) is 12.8 Å². The first-order valence-electron chi connectivity index (χ1n) is 8.73. The van der Waals surface area contributed by atoms with Crippen molar-refractivity contribution in [2.24, 2.45) is 5.92 Å². The smallest absolute Gasteiger partial charge is 0.322 e. The van der Waals surface area contributed by atoms with E-state index in [4.69, 9.17) is 4.18 Å². The molecule has 0 saturated heterocycles. The molecule has 0 unspecified atom stereocenters. The molecule has 0 radical (unpaired) electrons. The number of aryl methyl sites for hydroxylation is 1. The summed E-state index contributed by atoms with van der Waals surface area (Å²) >= 11 is 0. The van der Waals surface area contributed by atoms with Crippen LogP contribution in [-0.2, 0) is 16.7 Å². The Bertz CT molecular complexity index is 894. The molecule has 2 aromatic rings. The highest BCUT2D eigenvalue weighted by atomic mass is 32.2. The summed E-state index contributed by atoms with van der Waals surface area (Å²) < 4.78 is 27.6. The van der Waals surface area contributed by atoms with Gasteiger partial charge in [0.2, 0.25) is 0 Å². The number of nitrogens with one attached hydrogen (secondary N) is 1. The number of carbonyl (C=O) groups excluding carboxylic acids is 1. The van der Waals surface area contributed by atoms with E-state index in [0.717, 1.165) is 23.1 Å². The van der Waals surface area contributed by atoms with Crippen molar-refractivity contribution in [1.29, 1.82) is 0 Å². The second-order valence-corrected chi connectivity index (χ2v) is 8.58. The van der Waals surface area contributed by atoms with Crippen molar-refractivity contribution < 1.29 is 17.4 Å². The Morgan fingerprint density at radius 3 is 2.48 bits per heavy atom. The van der Waals surface area contributed by atoms with Gasteiger partial charge in [0.15, 0.2) is 0 Å². The average Bonchev–Trinajstić information content (AvgIpc) is 2.52. The summed E-state index contributed by atoms with van der Waals surface area (Å²) in [5, 5.41) is 2.92. The summed E-state index contributed by atoms with van der Waals surface area (Å²) in [6.07, 6.45) is 1.00. The number of anilines is 1. The molecule has 0 fully saturated rings. The summed E-state index contributed by atoms with van der Waals surface area (Å²) in [6, 6.07) is 14.2. The van der Waals surface area contributed by atoms with Gasteiger partial charge in [0.05, 0.1) is 6.26 Å². The van der Waals surface area contributed by atoms with Crippen molar-refractivity contribution in [2.45, 2.75) is 27.3 Å². The van der Waals surface area contributed by atoms with Gasteiger partial charge in [-0.15, -0.1) is 0 Å². The number of carbonyl (C=O) groups is 1. The van der Waals surface area contributed by atoms with E-state index in [1.807, 2.05) is 51.1 Å². The van der Waals surface area contributed by atoms with Gasteiger partial charge >= 0.3 is 16.1 Å². The molecule has 0 aliphatic carbocycles. The Kier molecular flexibility index (Phi) is 6.85. The molecule has 0 atom stereocenters. The fourth-order valence-electron chi connectivity index (χ4n) is 2.68. The first-order chi connectivity index (χ1) is 12.6. The van der Waals surface area contributed by atoms with E-state index in [9.17, 15) is 13.2 Å². The maximum Gasteiger partial charge on any atom is 0.322 e. The maximum absolute atomic E-state index is 12.8. The molecule has 2 rings (SSSR count). The van der Waals surface area contributed by atoms with Gasteiger partial charge in [0, 0.05) is 18.8 Å². The van der Waals surface area contributed by atoms with Crippen molar-refractivity contribution in [2.75, 3.05) is 18.1 Å². The van der Waals surface area contributed by atoms with Crippen LogP contribution in [0.15, 0.2) is 48.5 Å². The molecule has 2 aromatic carbocycles. The summed E-state index contributed by atoms with van der Waals surface area (Å²) in [7, 11) is -3.60. The molecule has 0 heterocycles. The Labute approximate surface area is 161 Å². The fraction of sp³-hybridized carbons (Fsp3) is 0.350. The average molecular weight is 391 g/mol. The van der Waals surface area contributed by atoms with E-state index in [1.165, 1.54) is 0 Å². The molecule has 0 bridgehead atoms. The summed E-state index contributed by atoms with van der Waals surface area (Å²) in [5.74, 6) is 0.516. The predicted octanol–water partition coefficient (Wildman–Crippen LogP) is 4.02. The fourth-order valence-corrected chi connectivity index (χ4v) is 3.13. The van der Waals surface area contributed by atoms with Crippen molar-refractivity contribution in [3.8, 4) is 5.75 Å². The predicted molar refractivity (Wildman–Crippen MR) is 107 cm³/mol. The zero-order valence-corrected chi connectivity index (χ0v) is 16.9. The third-order valence-electron chi connectivity index (χ3n) is 3.66. The molecule has 1 N–H and O–H groups in total. The quantitative estimate of drug-likeness (QED) is 0.725. The van der Waals surface area contributed by atoms with Crippen LogP contribution in [0.25, 0.3) is 0 Å². The molecule has 2 amide bonds. The second-order valence-electron chi connectivity index (χ2n) is 7.01. The van der Waals surface area contributed by atoms with E-state index in [2.05, 4.69) is 5.32 Å².